The van der Waals surface area contributed by atoms with Crippen LogP contribution in [0.1, 0.15) is 0 Å². The number of alkyl halides is 3. The molecule has 21 heavy (non-hydrogen) atoms. The Bertz CT molecular complexity index is 643. The normalized spacial score (nSPS) is 11.2. The van der Waals surface area contributed by atoms with Crippen LogP contribution < -0.4 is 11.1 Å². The number of hydrogen-bond donors (Lipinski definition) is 2. The highest BCUT2D eigenvalue weighted by atomic mass is 35.6. The van der Waals surface area contributed by atoms with Crippen LogP contribution in [0, 0.1) is 0 Å². The molecule has 1 aromatic carbocycles. The number of aromatic nitrogens is 1. The average Bonchev–Trinajstić information content (AvgIpc) is 2.84. The molecule has 0 saturated heterocycles. The summed E-state index contributed by atoms with van der Waals surface area (Å²) in [6.07, 6.45) is -0.741. The molecule has 0 spiro atoms. The highest BCUT2D eigenvalue weighted by molar-refractivity contribution is 7.14. The van der Waals surface area contributed by atoms with Crippen LogP contribution in [0.3, 0.4) is 0 Å². The number of nitrogens with one attached hydrogen (secondary N) is 1. The zero-order valence-corrected chi connectivity index (χ0v) is 13.6. The summed E-state index contributed by atoms with van der Waals surface area (Å²) < 4.78 is 3.10. The lowest BCUT2D eigenvalue weighted by molar-refractivity contribution is 0.164. The molecule has 0 aliphatic heterocycles. The predicted octanol–water partition coefficient (Wildman–Crippen LogP) is 4.31. The molecule has 9 heteroatoms. The Morgan fingerprint density at radius 3 is 2.86 bits per heavy atom. The molecule has 112 valence electrons. The third kappa shape index (κ3) is 5.24. The number of hydrogen-bond acceptors (Lipinski definition) is 5. The Hall–Kier alpha value is -1.21. The lowest BCUT2D eigenvalue weighted by atomic mass is 10.1. The number of rotatable bonds is 3. The van der Waals surface area contributed by atoms with E-state index in [9.17, 15) is 4.79 Å². The summed E-state index contributed by atoms with van der Waals surface area (Å²) in [5.74, 6) is 0. The molecule has 0 radical (unpaired) electrons. The van der Waals surface area contributed by atoms with Gasteiger partial charge in [-0.25, -0.2) is 9.78 Å². The van der Waals surface area contributed by atoms with Crippen molar-refractivity contribution in [3.05, 3.63) is 29.6 Å². The lowest BCUT2D eigenvalue weighted by Crippen LogP contribution is -2.21. The van der Waals surface area contributed by atoms with Crippen molar-refractivity contribution in [2.24, 2.45) is 0 Å². The number of amides is 1. The number of carbonyl (C=O) groups is 1. The van der Waals surface area contributed by atoms with Crippen LogP contribution in [0.4, 0.5) is 15.6 Å². The van der Waals surface area contributed by atoms with Gasteiger partial charge in [-0.3, -0.25) is 5.32 Å². The molecule has 0 unspecified atom stereocenters. The van der Waals surface area contributed by atoms with E-state index in [-0.39, 0.29) is 6.61 Å². The second-order valence-corrected chi connectivity index (χ2v) is 7.35. The fourth-order valence-electron chi connectivity index (χ4n) is 1.43. The molecule has 0 atom stereocenters. The molecule has 0 fully saturated rings. The minimum atomic E-state index is -1.65. The number of ether oxygens (including phenoxy) is 1. The second-order valence-electron chi connectivity index (χ2n) is 3.98. The minimum Gasteiger partial charge on any atom is -0.445 e. The average molecular weight is 367 g/mol. The van der Waals surface area contributed by atoms with Crippen LogP contribution in [0.25, 0.3) is 11.3 Å². The van der Waals surface area contributed by atoms with Crippen molar-refractivity contribution in [2.75, 3.05) is 17.7 Å². The van der Waals surface area contributed by atoms with Gasteiger partial charge < -0.3 is 10.5 Å². The Balaban J connectivity index is 1.99. The van der Waals surface area contributed by atoms with Gasteiger partial charge in [0.1, 0.15) is 6.61 Å². The highest BCUT2D eigenvalue weighted by Gasteiger charge is 2.22. The summed E-state index contributed by atoms with van der Waals surface area (Å²) in [6.45, 7) is -0.350. The van der Waals surface area contributed by atoms with Crippen LogP contribution in [0.5, 0.6) is 0 Å². The van der Waals surface area contributed by atoms with E-state index in [0.717, 1.165) is 5.56 Å². The van der Waals surface area contributed by atoms with Crippen molar-refractivity contribution < 1.29 is 9.53 Å². The van der Waals surface area contributed by atoms with E-state index in [4.69, 9.17) is 45.3 Å². The van der Waals surface area contributed by atoms with Crippen molar-refractivity contribution in [3.63, 3.8) is 0 Å². The zero-order valence-electron chi connectivity index (χ0n) is 10.5. The van der Waals surface area contributed by atoms with Gasteiger partial charge in [-0.1, -0.05) is 46.9 Å². The third-order valence-corrected chi connectivity index (χ3v) is 3.35. The van der Waals surface area contributed by atoms with Crippen molar-refractivity contribution in [1.29, 1.82) is 0 Å². The first kappa shape index (κ1) is 16.2. The number of benzene rings is 1. The van der Waals surface area contributed by atoms with Crippen molar-refractivity contribution in [1.82, 2.24) is 4.98 Å². The maximum atomic E-state index is 11.5. The predicted molar refractivity (Wildman–Crippen MR) is 87.2 cm³/mol. The van der Waals surface area contributed by atoms with Gasteiger partial charge in [0.25, 0.3) is 0 Å². The van der Waals surface area contributed by atoms with Gasteiger partial charge in [0.05, 0.1) is 5.69 Å². The zero-order chi connectivity index (χ0) is 15.5. The number of nitrogens with two attached hydrogens (primary N) is 1. The van der Waals surface area contributed by atoms with E-state index >= 15 is 0 Å². The SMILES string of the molecule is Nc1cccc(-c2csc(NC(=O)OCC(Cl)(Cl)Cl)n2)c1. The van der Waals surface area contributed by atoms with E-state index in [0.29, 0.717) is 16.5 Å². The molecular formula is C12H10Cl3N3O2S. The Morgan fingerprint density at radius 1 is 1.43 bits per heavy atom. The van der Waals surface area contributed by atoms with Crippen molar-refractivity contribution >= 4 is 63.1 Å². The molecule has 5 nitrogen and oxygen atoms in total. The van der Waals surface area contributed by atoms with Gasteiger partial charge >= 0.3 is 6.09 Å². The quantitative estimate of drug-likeness (QED) is 0.627. The molecule has 2 rings (SSSR count). The van der Waals surface area contributed by atoms with E-state index < -0.39 is 9.89 Å². The molecule has 0 saturated carbocycles. The van der Waals surface area contributed by atoms with Crippen LogP contribution in [0.15, 0.2) is 29.6 Å². The van der Waals surface area contributed by atoms with Gasteiger partial charge in [-0.2, -0.15) is 0 Å². The van der Waals surface area contributed by atoms with Crippen LogP contribution in [-0.4, -0.2) is 21.5 Å². The van der Waals surface area contributed by atoms with Gasteiger partial charge in [0.2, 0.25) is 3.79 Å². The number of anilines is 2. The highest BCUT2D eigenvalue weighted by Crippen LogP contribution is 2.27. The summed E-state index contributed by atoms with van der Waals surface area (Å²) in [5, 5.41) is 4.63. The first-order valence-corrected chi connectivity index (χ1v) is 7.67. The Labute approximate surface area is 140 Å². The monoisotopic (exact) mass is 365 g/mol. The smallest absolute Gasteiger partial charge is 0.413 e. The fourth-order valence-corrected chi connectivity index (χ4v) is 2.30. The molecule has 1 amide bonds. The topological polar surface area (TPSA) is 77.2 Å². The molecule has 0 aliphatic carbocycles. The minimum absolute atomic E-state index is 0.350. The lowest BCUT2D eigenvalue weighted by Gasteiger charge is -2.10. The molecule has 1 heterocycles. The molecule has 2 aromatic rings. The fraction of sp³-hybridized carbons (Fsp3) is 0.167. The maximum Gasteiger partial charge on any atom is 0.413 e. The van der Waals surface area contributed by atoms with Crippen LogP contribution >= 0.6 is 46.1 Å². The molecule has 0 aliphatic rings. The summed E-state index contributed by atoms with van der Waals surface area (Å²) in [5.41, 5.74) is 7.90. The van der Waals surface area contributed by atoms with Crippen LogP contribution in [0.2, 0.25) is 0 Å². The largest absolute Gasteiger partial charge is 0.445 e. The molecule has 0 bridgehead atoms. The standard InChI is InChI=1S/C12H10Cl3N3O2S/c13-12(14,15)6-20-11(19)18-10-17-9(5-21-10)7-2-1-3-8(16)4-7/h1-5H,6,16H2,(H,17,18,19). The number of halogens is 3. The summed E-state index contributed by atoms with van der Waals surface area (Å²) in [7, 11) is 0. The van der Waals surface area contributed by atoms with Crippen LogP contribution in [-0.2, 0) is 4.74 Å². The third-order valence-electron chi connectivity index (χ3n) is 2.26. The Kier molecular flexibility index (Phi) is 5.16. The number of nitrogens with zero attached hydrogens (tertiary/aromatic N) is 1. The summed E-state index contributed by atoms with van der Waals surface area (Å²) in [4.78, 5) is 15.8. The molecule has 3 N–H and O–H groups in total. The van der Waals surface area contributed by atoms with Gasteiger partial charge in [-0.05, 0) is 12.1 Å². The van der Waals surface area contributed by atoms with Gasteiger partial charge in [0.15, 0.2) is 5.13 Å². The molecule has 1 aromatic heterocycles. The van der Waals surface area contributed by atoms with Crippen molar-refractivity contribution in [2.45, 2.75) is 3.79 Å². The molecular weight excluding hydrogens is 357 g/mol. The number of carbonyl (C=O) groups excluding carboxylic acids is 1. The Morgan fingerprint density at radius 2 is 2.19 bits per heavy atom. The van der Waals surface area contributed by atoms with Crippen molar-refractivity contribution in [3.8, 4) is 11.3 Å². The van der Waals surface area contributed by atoms with E-state index in [1.165, 1.54) is 11.3 Å². The first-order valence-electron chi connectivity index (χ1n) is 5.65. The van der Waals surface area contributed by atoms with Gasteiger partial charge in [0, 0.05) is 16.6 Å². The van der Waals surface area contributed by atoms with E-state index in [1.807, 2.05) is 12.1 Å². The second kappa shape index (κ2) is 6.70. The maximum absolute atomic E-state index is 11.5. The van der Waals surface area contributed by atoms with E-state index in [2.05, 4.69) is 10.3 Å². The van der Waals surface area contributed by atoms with Gasteiger partial charge in [-0.15, -0.1) is 11.3 Å². The summed E-state index contributed by atoms with van der Waals surface area (Å²) in [6, 6.07) is 7.27. The number of thiazole rings is 1. The van der Waals surface area contributed by atoms with E-state index in [1.54, 1.807) is 17.5 Å². The number of nitrogen functional groups attached to an aromatic ring is 1. The first-order chi connectivity index (χ1) is 9.83. The summed E-state index contributed by atoms with van der Waals surface area (Å²) >= 11 is 17.7.